The summed E-state index contributed by atoms with van der Waals surface area (Å²) >= 11 is 0. The summed E-state index contributed by atoms with van der Waals surface area (Å²) in [6.07, 6.45) is 2.45. The van der Waals surface area contributed by atoms with Gasteiger partial charge in [-0.15, -0.1) is 0 Å². The predicted octanol–water partition coefficient (Wildman–Crippen LogP) is 2.52. The van der Waals surface area contributed by atoms with Crippen LogP contribution < -0.4 is 10.1 Å². The van der Waals surface area contributed by atoms with Crippen LogP contribution in [0.5, 0.6) is 5.75 Å². The summed E-state index contributed by atoms with van der Waals surface area (Å²) in [5, 5.41) is 3.37. The second-order valence-corrected chi connectivity index (χ2v) is 5.02. The molecule has 1 aliphatic heterocycles. The van der Waals surface area contributed by atoms with Gasteiger partial charge in [0.1, 0.15) is 5.75 Å². The van der Waals surface area contributed by atoms with Crippen LogP contribution in [0.1, 0.15) is 24.0 Å². The van der Waals surface area contributed by atoms with E-state index in [1.807, 2.05) is 6.07 Å². The number of rotatable bonds is 5. The first-order valence-corrected chi connectivity index (χ1v) is 6.71. The van der Waals surface area contributed by atoms with E-state index in [9.17, 15) is 0 Å². The Balaban J connectivity index is 1.83. The van der Waals surface area contributed by atoms with Gasteiger partial charge < -0.3 is 14.8 Å². The lowest BCUT2D eigenvalue weighted by Crippen LogP contribution is -2.29. The van der Waals surface area contributed by atoms with Crippen LogP contribution in [0.4, 0.5) is 0 Å². The second kappa shape index (κ2) is 6.76. The largest absolute Gasteiger partial charge is 0.496 e. The van der Waals surface area contributed by atoms with Crippen molar-refractivity contribution in [2.75, 3.05) is 26.8 Å². The summed E-state index contributed by atoms with van der Waals surface area (Å²) in [6, 6.07) is 6.22. The molecular weight excluding hydrogens is 226 g/mol. The van der Waals surface area contributed by atoms with E-state index in [-0.39, 0.29) is 0 Å². The first kappa shape index (κ1) is 13.4. The fraction of sp³-hybridized carbons (Fsp3) is 0.600. The normalized spacial score (nSPS) is 16.8. The molecule has 3 nitrogen and oxygen atoms in total. The molecule has 0 aliphatic carbocycles. The van der Waals surface area contributed by atoms with E-state index in [1.165, 1.54) is 18.4 Å². The van der Waals surface area contributed by atoms with Crippen molar-refractivity contribution in [3.8, 4) is 5.75 Å². The Hall–Kier alpha value is -1.06. The number of nitrogens with one attached hydrogen (secondary N) is 1. The topological polar surface area (TPSA) is 30.5 Å². The van der Waals surface area contributed by atoms with E-state index >= 15 is 0 Å². The molecule has 2 rings (SSSR count). The highest BCUT2D eigenvalue weighted by Crippen LogP contribution is 2.21. The fourth-order valence-corrected chi connectivity index (χ4v) is 2.40. The van der Waals surface area contributed by atoms with Crippen LogP contribution in [0, 0.1) is 12.8 Å². The van der Waals surface area contributed by atoms with Gasteiger partial charge in [0.15, 0.2) is 0 Å². The van der Waals surface area contributed by atoms with Gasteiger partial charge in [-0.25, -0.2) is 0 Å². The van der Waals surface area contributed by atoms with Crippen LogP contribution in [0.2, 0.25) is 0 Å². The van der Waals surface area contributed by atoms with Crippen molar-refractivity contribution in [3.05, 3.63) is 29.3 Å². The van der Waals surface area contributed by atoms with Crippen LogP contribution in [-0.2, 0) is 11.3 Å². The summed E-state index contributed by atoms with van der Waals surface area (Å²) < 4.78 is 11.2. The molecule has 1 saturated heterocycles. The quantitative estimate of drug-likeness (QED) is 0.870. The molecule has 1 heterocycles. The number of methoxy groups -OCH3 is 1. The number of aryl methyl sites for hydroxylation is 1. The van der Waals surface area contributed by atoms with Crippen molar-refractivity contribution < 1.29 is 9.47 Å². The molecule has 0 atom stereocenters. The highest BCUT2D eigenvalue weighted by molar-refractivity contribution is 5.36. The van der Waals surface area contributed by atoms with E-state index < -0.39 is 0 Å². The zero-order valence-electron chi connectivity index (χ0n) is 11.4. The minimum atomic E-state index is 0.648. The molecule has 0 aromatic heterocycles. The molecule has 18 heavy (non-hydrogen) atoms. The van der Waals surface area contributed by atoms with Gasteiger partial charge in [-0.3, -0.25) is 0 Å². The van der Waals surface area contributed by atoms with Crippen LogP contribution >= 0.6 is 0 Å². The van der Waals surface area contributed by atoms with Crippen molar-refractivity contribution in [2.45, 2.75) is 26.4 Å². The zero-order chi connectivity index (χ0) is 12.8. The third kappa shape index (κ3) is 3.72. The van der Waals surface area contributed by atoms with Gasteiger partial charge in [-0.2, -0.15) is 0 Å². The lowest BCUT2D eigenvalue weighted by atomic mass is 9.99. The number of ether oxygens (including phenoxy) is 2. The van der Waals surface area contributed by atoms with Gasteiger partial charge in [0.2, 0.25) is 0 Å². The molecule has 1 N–H and O–H groups in total. The van der Waals surface area contributed by atoms with Crippen molar-refractivity contribution in [3.63, 3.8) is 0 Å². The summed E-state index contributed by atoms with van der Waals surface area (Å²) in [7, 11) is 1.71. The molecule has 3 heteroatoms. The lowest BCUT2D eigenvalue weighted by molar-refractivity contribution is 0.0751. The third-order valence-electron chi connectivity index (χ3n) is 3.51. The van der Waals surface area contributed by atoms with Crippen molar-refractivity contribution in [1.82, 2.24) is 5.32 Å². The van der Waals surface area contributed by atoms with Gasteiger partial charge >= 0.3 is 0 Å². The first-order chi connectivity index (χ1) is 8.79. The maximum absolute atomic E-state index is 5.85. The SMILES string of the molecule is COc1ccc(C)cc1COCC1CCNCC1. The Morgan fingerprint density at radius 3 is 2.78 bits per heavy atom. The van der Waals surface area contributed by atoms with Gasteiger partial charge in [-0.05, 0) is 44.8 Å². The summed E-state index contributed by atoms with van der Waals surface area (Å²) in [5.41, 5.74) is 2.39. The van der Waals surface area contributed by atoms with Crippen LogP contribution in [-0.4, -0.2) is 26.8 Å². The Morgan fingerprint density at radius 1 is 1.28 bits per heavy atom. The standard InChI is InChI=1S/C15H23NO2/c1-12-3-4-15(17-2)14(9-12)11-18-10-13-5-7-16-8-6-13/h3-4,9,13,16H,5-8,10-11H2,1-2H3. The Bertz CT molecular complexity index is 373. The zero-order valence-corrected chi connectivity index (χ0v) is 11.4. The van der Waals surface area contributed by atoms with E-state index in [4.69, 9.17) is 9.47 Å². The molecular formula is C15H23NO2. The summed E-state index contributed by atoms with van der Waals surface area (Å²) in [4.78, 5) is 0. The van der Waals surface area contributed by atoms with E-state index in [1.54, 1.807) is 7.11 Å². The monoisotopic (exact) mass is 249 g/mol. The average Bonchev–Trinajstić information content (AvgIpc) is 2.40. The Labute approximate surface area is 109 Å². The molecule has 0 bridgehead atoms. The molecule has 0 radical (unpaired) electrons. The van der Waals surface area contributed by atoms with E-state index in [2.05, 4.69) is 24.4 Å². The third-order valence-corrected chi connectivity index (χ3v) is 3.51. The second-order valence-electron chi connectivity index (χ2n) is 5.02. The highest BCUT2D eigenvalue weighted by Gasteiger charge is 2.13. The molecule has 1 aromatic rings. The van der Waals surface area contributed by atoms with Gasteiger partial charge in [-0.1, -0.05) is 17.7 Å². The number of hydrogen-bond acceptors (Lipinski definition) is 3. The number of benzene rings is 1. The summed E-state index contributed by atoms with van der Waals surface area (Å²) in [5.74, 6) is 1.63. The smallest absolute Gasteiger partial charge is 0.124 e. The number of hydrogen-bond donors (Lipinski definition) is 1. The van der Waals surface area contributed by atoms with Crippen molar-refractivity contribution in [2.24, 2.45) is 5.92 Å². The molecule has 0 spiro atoms. The molecule has 1 aliphatic rings. The molecule has 1 aromatic carbocycles. The van der Waals surface area contributed by atoms with E-state index in [0.717, 1.165) is 31.0 Å². The van der Waals surface area contributed by atoms with Gasteiger partial charge in [0, 0.05) is 12.2 Å². The fourth-order valence-electron chi connectivity index (χ4n) is 2.40. The summed E-state index contributed by atoms with van der Waals surface area (Å²) in [6.45, 7) is 5.85. The Morgan fingerprint density at radius 2 is 2.06 bits per heavy atom. The number of piperidine rings is 1. The highest BCUT2D eigenvalue weighted by atomic mass is 16.5. The van der Waals surface area contributed by atoms with Crippen LogP contribution in [0.15, 0.2) is 18.2 Å². The molecule has 100 valence electrons. The molecule has 0 saturated carbocycles. The Kier molecular flexibility index (Phi) is 5.02. The minimum Gasteiger partial charge on any atom is -0.496 e. The minimum absolute atomic E-state index is 0.648. The van der Waals surface area contributed by atoms with Gasteiger partial charge in [0.25, 0.3) is 0 Å². The van der Waals surface area contributed by atoms with Crippen LogP contribution in [0.25, 0.3) is 0 Å². The van der Waals surface area contributed by atoms with Gasteiger partial charge in [0.05, 0.1) is 13.7 Å². The lowest BCUT2D eigenvalue weighted by Gasteiger charge is -2.22. The molecule has 0 unspecified atom stereocenters. The predicted molar refractivity (Wildman–Crippen MR) is 73.0 cm³/mol. The first-order valence-electron chi connectivity index (χ1n) is 6.71. The van der Waals surface area contributed by atoms with Crippen molar-refractivity contribution >= 4 is 0 Å². The maximum atomic E-state index is 5.85. The molecule has 1 fully saturated rings. The molecule has 0 amide bonds. The maximum Gasteiger partial charge on any atom is 0.124 e. The van der Waals surface area contributed by atoms with Crippen LogP contribution in [0.3, 0.4) is 0 Å². The van der Waals surface area contributed by atoms with Crippen molar-refractivity contribution in [1.29, 1.82) is 0 Å². The average molecular weight is 249 g/mol. The van der Waals surface area contributed by atoms with E-state index in [0.29, 0.717) is 12.5 Å².